The monoisotopic (exact) mass is 513 g/mol. The lowest BCUT2D eigenvalue weighted by Gasteiger charge is -2.35. The lowest BCUT2D eigenvalue weighted by atomic mass is 9.94. The zero-order chi connectivity index (χ0) is 26.6. The highest BCUT2D eigenvalue weighted by atomic mass is 16.5. The lowest BCUT2D eigenvalue weighted by molar-refractivity contribution is -0.132. The number of hydrogen-bond donors (Lipinski definition) is 1. The number of ether oxygens (including phenoxy) is 1. The second-order valence-electron chi connectivity index (χ2n) is 9.93. The fraction of sp³-hybridized carbons (Fsp3) is 0.375. The van der Waals surface area contributed by atoms with Gasteiger partial charge in [0.1, 0.15) is 5.75 Å². The highest BCUT2D eigenvalue weighted by Gasteiger charge is 2.27. The summed E-state index contributed by atoms with van der Waals surface area (Å²) in [5.74, 6) is 0.761. The molecule has 1 aliphatic carbocycles. The van der Waals surface area contributed by atoms with E-state index in [1.165, 1.54) is 12.0 Å². The lowest BCUT2D eigenvalue weighted by Crippen LogP contribution is -2.46. The van der Waals surface area contributed by atoms with E-state index in [9.17, 15) is 9.59 Å². The summed E-state index contributed by atoms with van der Waals surface area (Å²) in [4.78, 5) is 30.8. The standard InChI is InChI=1S/C32H39N3O3/c1-38-30-19-11-16-28(24-30)33-32(37)35(29-17-9-4-10-18-29)23-21-31(36)34(25-27-14-7-3-8-15-27)22-20-26-12-5-2-6-13-26/h2-3,5-8,11-16,19,24,29H,4,9-10,17-18,20-23,25H2,1H3,(H,33,37). The van der Waals surface area contributed by atoms with Crippen molar-refractivity contribution in [3.05, 3.63) is 96.1 Å². The fourth-order valence-electron chi connectivity index (χ4n) is 5.12. The van der Waals surface area contributed by atoms with E-state index in [1.807, 2.05) is 70.5 Å². The van der Waals surface area contributed by atoms with E-state index in [1.54, 1.807) is 7.11 Å². The third-order valence-electron chi connectivity index (χ3n) is 7.25. The minimum absolute atomic E-state index is 0.0692. The van der Waals surface area contributed by atoms with E-state index in [2.05, 4.69) is 29.6 Å². The molecule has 6 heteroatoms. The van der Waals surface area contributed by atoms with Gasteiger partial charge in [-0.25, -0.2) is 4.79 Å². The zero-order valence-electron chi connectivity index (χ0n) is 22.4. The Morgan fingerprint density at radius 3 is 2.21 bits per heavy atom. The summed E-state index contributed by atoms with van der Waals surface area (Å²) in [5.41, 5.74) is 3.00. The molecule has 0 spiro atoms. The number of carbonyl (C=O) groups excluding carboxylic acids is 2. The Labute approximate surface area is 226 Å². The molecule has 3 aromatic rings. The quantitative estimate of drug-likeness (QED) is 0.317. The molecule has 0 bridgehead atoms. The molecule has 200 valence electrons. The molecule has 0 atom stereocenters. The van der Waals surface area contributed by atoms with Crippen molar-refractivity contribution in [1.82, 2.24) is 9.80 Å². The summed E-state index contributed by atoms with van der Waals surface area (Å²) < 4.78 is 5.31. The van der Waals surface area contributed by atoms with Gasteiger partial charge in [0.2, 0.25) is 5.91 Å². The van der Waals surface area contributed by atoms with Crippen LogP contribution in [0.5, 0.6) is 5.75 Å². The van der Waals surface area contributed by atoms with Gasteiger partial charge in [0.25, 0.3) is 0 Å². The van der Waals surface area contributed by atoms with Crippen LogP contribution in [0.4, 0.5) is 10.5 Å². The minimum atomic E-state index is -0.156. The summed E-state index contributed by atoms with van der Waals surface area (Å²) >= 11 is 0. The molecule has 1 saturated carbocycles. The number of amides is 3. The van der Waals surface area contributed by atoms with Gasteiger partial charge >= 0.3 is 6.03 Å². The van der Waals surface area contributed by atoms with Gasteiger partial charge in [-0.2, -0.15) is 0 Å². The molecule has 0 unspecified atom stereocenters. The van der Waals surface area contributed by atoms with Crippen molar-refractivity contribution >= 4 is 17.6 Å². The second-order valence-corrected chi connectivity index (χ2v) is 9.93. The minimum Gasteiger partial charge on any atom is -0.497 e. The van der Waals surface area contributed by atoms with Crippen LogP contribution in [0.3, 0.4) is 0 Å². The molecule has 1 aliphatic rings. The Morgan fingerprint density at radius 2 is 1.53 bits per heavy atom. The van der Waals surface area contributed by atoms with Gasteiger partial charge in [-0.3, -0.25) is 4.79 Å². The van der Waals surface area contributed by atoms with Crippen LogP contribution in [-0.4, -0.2) is 48.0 Å². The van der Waals surface area contributed by atoms with Crippen LogP contribution in [0.1, 0.15) is 49.7 Å². The molecule has 3 aromatic carbocycles. The second kappa shape index (κ2) is 14.2. The zero-order valence-corrected chi connectivity index (χ0v) is 22.4. The molecule has 4 rings (SSSR count). The molecule has 0 saturated heterocycles. The predicted octanol–water partition coefficient (Wildman–Crippen LogP) is 6.52. The molecule has 6 nitrogen and oxygen atoms in total. The molecular formula is C32H39N3O3. The van der Waals surface area contributed by atoms with Crippen LogP contribution >= 0.6 is 0 Å². The Kier molecular flexibility index (Phi) is 10.2. The van der Waals surface area contributed by atoms with Gasteiger partial charge in [-0.1, -0.05) is 86.0 Å². The number of nitrogens with zero attached hydrogens (tertiary/aromatic N) is 2. The normalized spacial score (nSPS) is 13.5. The largest absolute Gasteiger partial charge is 0.497 e. The Bertz CT molecular complexity index is 1150. The molecule has 38 heavy (non-hydrogen) atoms. The van der Waals surface area contributed by atoms with Gasteiger partial charge in [0, 0.05) is 43.9 Å². The predicted molar refractivity (Wildman–Crippen MR) is 152 cm³/mol. The molecule has 0 radical (unpaired) electrons. The van der Waals surface area contributed by atoms with Crippen LogP contribution in [0.15, 0.2) is 84.9 Å². The number of carbonyl (C=O) groups is 2. The van der Waals surface area contributed by atoms with Gasteiger partial charge in [-0.05, 0) is 42.5 Å². The molecule has 3 amide bonds. The molecule has 0 aliphatic heterocycles. The number of anilines is 1. The molecular weight excluding hydrogens is 474 g/mol. The number of rotatable bonds is 11. The number of urea groups is 1. The van der Waals surface area contributed by atoms with Gasteiger partial charge in [0.05, 0.1) is 7.11 Å². The van der Waals surface area contributed by atoms with E-state index in [0.29, 0.717) is 37.5 Å². The van der Waals surface area contributed by atoms with Crippen molar-refractivity contribution in [3.63, 3.8) is 0 Å². The van der Waals surface area contributed by atoms with Crippen molar-refractivity contribution in [3.8, 4) is 5.75 Å². The van der Waals surface area contributed by atoms with Gasteiger partial charge in [-0.15, -0.1) is 0 Å². The highest BCUT2D eigenvalue weighted by molar-refractivity contribution is 5.90. The Morgan fingerprint density at radius 1 is 0.842 bits per heavy atom. The van der Waals surface area contributed by atoms with Crippen LogP contribution in [0.25, 0.3) is 0 Å². The maximum Gasteiger partial charge on any atom is 0.322 e. The summed E-state index contributed by atoms with van der Waals surface area (Å²) in [7, 11) is 1.61. The van der Waals surface area contributed by atoms with Gasteiger partial charge < -0.3 is 19.9 Å². The van der Waals surface area contributed by atoms with Crippen LogP contribution in [-0.2, 0) is 17.8 Å². The number of benzene rings is 3. The molecule has 1 N–H and O–H groups in total. The topological polar surface area (TPSA) is 61.9 Å². The molecule has 1 fully saturated rings. The highest BCUT2D eigenvalue weighted by Crippen LogP contribution is 2.25. The van der Waals surface area contributed by atoms with Crippen LogP contribution < -0.4 is 10.1 Å². The molecule has 0 aromatic heterocycles. The summed E-state index contributed by atoms with van der Waals surface area (Å²) in [6, 6.07) is 27.7. The third-order valence-corrected chi connectivity index (χ3v) is 7.25. The Balaban J connectivity index is 1.44. The number of methoxy groups -OCH3 is 1. The first-order valence-corrected chi connectivity index (χ1v) is 13.7. The van der Waals surface area contributed by atoms with E-state index in [-0.39, 0.29) is 18.0 Å². The molecule has 0 heterocycles. The first-order chi connectivity index (χ1) is 18.6. The van der Waals surface area contributed by atoms with Crippen molar-refractivity contribution < 1.29 is 14.3 Å². The van der Waals surface area contributed by atoms with Gasteiger partial charge in [0.15, 0.2) is 0 Å². The fourth-order valence-corrected chi connectivity index (χ4v) is 5.12. The average Bonchev–Trinajstić information content (AvgIpc) is 2.97. The van der Waals surface area contributed by atoms with E-state index < -0.39 is 0 Å². The maximum absolute atomic E-state index is 13.6. The Hall–Kier alpha value is -3.80. The summed E-state index contributed by atoms with van der Waals surface area (Å²) in [6.07, 6.45) is 6.46. The van der Waals surface area contributed by atoms with Crippen molar-refractivity contribution in [1.29, 1.82) is 0 Å². The third kappa shape index (κ3) is 8.10. The number of nitrogens with one attached hydrogen (secondary N) is 1. The van der Waals surface area contributed by atoms with Crippen LogP contribution in [0.2, 0.25) is 0 Å². The summed E-state index contributed by atoms with van der Waals surface area (Å²) in [5, 5.41) is 3.04. The number of hydrogen-bond acceptors (Lipinski definition) is 3. The van der Waals surface area contributed by atoms with E-state index >= 15 is 0 Å². The van der Waals surface area contributed by atoms with E-state index in [0.717, 1.165) is 37.7 Å². The summed E-state index contributed by atoms with van der Waals surface area (Å²) in [6.45, 7) is 1.60. The van der Waals surface area contributed by atoms with E-state index in [4.69, 9.17) is 4.74 Å². The smallest absolute Gasteiger partial charge is 0.322 e. The SMILES string of the molecule is COc1cccc(NC(=O)N(CCC(=O)N(CCc2ccccc2)Cc2ccccc2)C2CCCCC2)c1. The first-order valence-electron chi connectivity index (χ1n) is 13.7. The maximum atomic E-state index is 13.6. The first kappa shape index (κ1) is 27.2. The van der Waals surface area contributed by atoms with Crippen LogP contribution in [0, 0.1) is 0 Å². The van der Waals surface area contributed by atoms with Crippen molar-refractivity contribution in [2.75, 3.05) is 25.5 Å². The van der Waals surface area contributed by atoms with Crippen molar-refractivity contribution in [2.45, 2.75) is 57.5 Å². The average molecular weight is 514 g/mol. The van der Waals surface area contributed by atoms with Crippen molar-refractivity contribution in [2.24, 2.45) is 0 Å².